The summed E-state index contributed by atoms with van der Waals surface area (Å²) in [7, 11) is 1.94. The first-order valence-electron chi connectivity index (χ1n) is 8.86. The van der Waals surface area contributed by atoms with Crippen molar-refractivity contribution in [3.05, 3.63) is 63.7 Å². The summed E-state index contributed by atoms with van der Waals surface area (Å²) < 4.78 is 40.9. The lowest BCUT2D eigenvalue weighted by atomic mass is 10.1. The van der Waals surface area contributed by atoms with Crippen LogP contribution in [0.5, 0.6) is 0 Å². The third-order valence-electron chi connectivity index (χ3n) is 4.77. The number of piperazine rings is 1. The Labute approximate surface area is 164 Å². The van der Waals surface area contributed by atoms with Crippen LogP contribution in [-0.4, -0.2) is 49.0 Å². The van der Waals surface area contributed by atoms with E-state index >= 15 is 0 Å². The van der Waals surface area contributed by atoms with E-state index in [2.05, 4.69) is 10.2 Å². The minimum Gasteiger partial charge on any atom is -0.369 e. The molecule has 1 heterocycles. The topological polar surface area (TPSA) is 78.7 Å². The number of nitro groups is 1. The number of alkyl halides is 3. The minimum atomic E-state index is -4.70. The summed E-state index contributed by atoms with van der Waals surface area (Å²) in [6.07, 6.45) is -4.70. The third-order valence-corrected chi connectivity index (χ3v) is 4.77. The van der Waals surface area contributed by atoms with Gasteiger partial charge in [-0.15, -0.1) is 0 Å². The average molecular weight is 408 g/mol. The highest BCUT2D eigenvalue weighted by atomic mass is 19.4. The van der Waals surface area contributed by atoms with E-state index in [1.54, 1.807) is 0 Å². The Balaban J connectivity index is 1.91. The van der Waals surface area contributed by atoms with Gasteiger partial charge >= 0.3 is 6.18 Å². The first-order chi connectivity index (χ1) is 13.7. The van der Waals surface area contributed by atoms with Crippen molar-refractivity contribution in [2.24, 2.45) is 0 Å². The predicted molar refractivity (Wildman–Crippen MR) is 102 cm³/mol. The molecule has 0 aromatic heterocycles. The van der Waals surface area contributed by atoms with E-state index in [0.29, 0.717) is 18.8 Å². The molecule has 0 aliphatic carbocycles. The number of hydrogen-bond donors (Lipinski definition) is 1. The largest absolute Gasteiger partial charge is 0.418 e. The third kappa shape index (κ3) is 4.65. The van der Waals surface area contributed by atoms with Gasteiger partial charge in [0, 0.05) is 37.9 Å². The average Bonchev–Trinajstić information content (AvgIpc) is 2.68. The number of rotatable bonds is 4. The molecule has 2 aromatic rings. The second-order valence-corrected chi connectivity index (χ2v) is 6.75. The zero-order valence-electron chi connectivity index (χ0n) is 15.6. The van der Waals surface area contributed by atoms with Crippen molar-refractivity contribution < 1.29 is 22.9 Å². The molecule has 10 heteroatoms. The maximum Gasteiger partial charge on any atom is 0.418 e. The van der Waals surface area contributed by atoms with Gasteiger partial charge in [-0.3, -0.25) is 14.9 Å². The number of nitrogens with one attached hydrogen (secondary N) is 1. The van der Waals surface area contributed by atoms with Crippen molar-refractivity contribution in [1.29, 1.82) is 0 Å². The molecule has 154 valence electrons. The highest BCUT2D eigenvalue weighted by Gasteiger charge is 2.35. The number of anilines is 2. The van der Waals surface area contributed by atoms with Crippen molar-refractivity contribution in [1.82, 2.24) is 4.90 Å². The number of carbonyl (C=O) groups is 1. The fourth-order valence-electron chi connectivity index (χ4n) is 3.15. The maximum absolute atomic E-state index is 13.6. The number of nitro benzene ring substituents is 1. The van der Waals surface area contributed by atoms with Gasteiger partial charge in [-0.25, -0.2) is 0 Å². The van der Waals surface area contributed by atoms with Crippen molar-refractivity contribution in [2.75, 3.05) is 43.4 Å². The Morgan fingerprint density at radius 1 is 1.10 bits per heavy atom. The molecule has 1 aliphatic heterocycles. The highest BCUT2D eigenvalue weighted by Crippen LogP contribution is 2.38. The summed E-state index contributed by atoms with van der Waals surface area (Å²) in [6, 6.07) is 8.79. The van der Waals surface area contributed by atoms with Crippen molar-refractivity contribution in [2.45, 2.75) is 6.18 Å². The molecule has 0 spiro atoms. The molecule has 0 saturated carbocycles. The van der Waals surface area contributed by atoms with E-state index in [1.807, 2.05) is 11.9 Å². The lowest BCUT2D eigenvalue weighted by molar-refractivity contribution is -0.385. The van der Waals surface area contributed by atoms with Crippen molar-refractivity contribution in [3.8, 4) is 0 Å². The number of hydrogen-bond acceptors (Lipinski definition) is 5. The first kappa shape index (κ1) is 20.6. The van der Waals surface area contributed by atoms with Gasteiger partial charge in [0.05, 0.1) is 16.2 Å². The van der Waals surface area contributed by atoms with Gasteiger partial charge in [0.15, 0.2) is 0 Å². The molecular formula is C19H19F3N4O3. The van der Waals surface area contributed by atoms with E-state index in [4.69, 9.17) is 0 Å². The molecule has 1 aliphatic rings. The van der Waals surface area contributed by atoms with Gasteiger partial charge in [-0.2, -0.15) is 13.2 Å². The zero-order chi connectivity index (χ0) is 21.2. The van der Waals surface area contributed by atoms with Gasteiger partial charge in [0.2, 0.25) is 0 Å². The monoisotopic (exact) mass is 408 g/mol. The van der Waals surface area contributed by atoms with Gasteiger partial charge < -0.3 is 15.1 Å². The van der Waals surface area contributed by atoms with Gasteiger partial charge in [0.1, 0.15) is 5.56 Å². The van der Waals surface area contributed by atoms with Gasteiger partial charge in [-0.1, -0.05) is 12.1 Å². The maximum atomic E-state index is 13.6. The number of nitrogens with zero attached hydrogens (tertiary/aromatic N) is 3. The molecule has 0 bridgehead atoms. The summed E-state index contributed by atoms with van der Waals surface area (Å²) in [5.41, 5.74) is -1.82. The lowest BCUT2D eigenvalue weighted by Crippen LogP contribution is -2.44. The van der Waals surface area contributed by atoms with E-state index in [9.17, 15) is 28.1 Å². The van der Waals surface area contributed by atoms with E-state index < -0.39 is 33.9 Å². The normalized spacial score (nSPS) is 15.2. The Morgan fingerprint density at radius 2 is 1.76 bits per heavy atom. The fourth-order valence-corrected chi connectivity index (χ4v) is 3.15. The molecule has 1 N–H and O–H groups in total. The van der Waals surface area contributed by atoms with Crippen LogP contribution in [0.15, 0.2) is 42.5 Å². The molecule has 1 fully saturated rings. The molecule has 3 rings (SSSR count). The van der Waals surface area contributed by atoms with E-state index in [-0.39, 0.29) is 5.56 Å². The summed E-state index contributed by atoms with van der Waals surface area (Å²) in [5, 5.41) is 13.3. The number of benzene rings is 2. The fraction of sp³-hybridized carbons (Fsp3) is 0.316. The molecular weight excluding hydrogens is 389 g/mol. The second kappa shape index (κ2) is 8.08. The van der Waals surface area contributed by atoms with Crippen LogP contribution in [0.3, 0.4) is 0 Å². The molecule has 7 nitrogen and oxygen atoms in total. The molecule has 0 radical (unpaired) electrons. The quantitative estimate of drug-likeness (QED) is 0.618. The van der Waals surface area contributed by atoms with Crippen LogP contribution in [0, 0.1) is 10.1 Å². The molecule has 2 aromatic carbocycles. The summed E-state index contributed by atoms with van der Waals surface area (Å²) in [6.45, 7) is 2.65. The molecule has 1 saturated heterocycles. The van der Waals surface area contributed by atoms with Crippen LogP contribution >= 0.6 is 0 Å². The van der Waals surface area contributed by atoms with Crippen LogP contribution < -0.4 is 10.2 Å². The SMILES string of the molecule is CN1CCN(c2ccc(NC(=O)c3ccccc3[N+](=O)[O-])c(C(F)(F)F)c2)CC1. The molecule has 0 atom stereocenters. The minimum absolute atomic E-state index is 0.311. The summed E-state index contributed by atoms with van der Waals surface area (Å²) in [5.74, 6) is -0.977. The number of halogens is 3. The van der Waals surface area contributed by atoms with E-state index in [0.717, 1.165) is 25.2 Å². The number of amides is 1. The Kier molecular flexibility index (Phi) is 5.73. The van der Waals surface area contributed by atoms with Gasteiger partial charge in [-0.05, 0) is 31.3 Å². The predicted octanol–water partition coefficient (Wildman–Crippen LogP) is 3.62. The van der Waals surface area contributed by atoms with Crippen LogP contribution in [0.1, 0.15) is 15.9 Å². The smallest absolute Gasteiger partial charge is 0.369 e. The van der Waals surface area contributed by atoms with Crippen LogP contribution in [0.2, 0.25) is 0 Å². The molecule has 29 heavy (non-hydrogen) atoms. The lowest BCUT2D eigenvalue weighted by Gasteiger charge is -2.34. The highest BCUT2D eigenvalue weighted by molar-refractivity contribution is 6.07. The van der Waals surface area contributed by atoms with Crippen LogP contribution in [-0.2, 0) is 6.18 Å². The number of para-hydroxylation sites is 1. The summed E-state index contributed by atoms with van der Waals surface area (Å²) >= 11 is 0. The Bertz CT molecular complexity index is 925. The second-order valence-electron chi connectivity index (χ2n) is 6.75. The van der Waals surface area contributed by atoms with E-state index in [1.165, 1.54) is 30.3 Å². The van der Waals surface area contributed by atoms with Crippen LogP contribution in [0.4, 0.5) is 30.2 Å². The standard InChI is InChI=1S/C19H19F3N4O3/c1-24-8-10-25(11-9-24)13-6-7-16(15(12-13)19(20,21)22)23-18(27)14-4-2-3-5-17(14)26(28)29/h2-7,12H,8-11H2,1H3,(H,23,27). The van der Waals surface area contributed by atoms with Gasteiger partial charge in [0.25, 0.3) is 11.6 Å². The first-order valence-corrected chi connectivity index (χ1v) is 8.86. The molecule has 1 amide bonds. The number of carbonyl (C=O) groups excluding carboxylic acids is 1. The Hall–Kier alpha value is -3.14. The molecule has 0 unspecified atom stereocenters. The number of likely N-dealkylation sites (N-methyl/N-ethyl adjacent to an activating group) is 1. The van der Waals surface area contributed by atoms with Crippen molar-refractivity contribution in [3.63, 3.8) is 0 Å². The Morgan fingerprint density at radius 3 is 2.38 bits per heavy atom. The summed E-state index contributed by atoms with van der Waals surface area (Å²) in [4.78, 5) is 26.7. The van der Waals surface area contributed by atoms with Crippen LogP contribution in [0.25, 0.3) is 0 Å². The zero-order valence-corrected chi connectivity index (χ0v) is 15.6. The van der Waals surface area contributed by atoms with Crippen molar-refractivity contribution >= 4 is 23.0 Å².